The second-order valence-electron chi connectivity index (χ2n) is 8.98. The Balaban J connectivity index is 1.83. The molecule has 1 N–H and O–H groups in total. The number of benzene rings is 2. The molecule has 3 aromatic rings. The lowest BCUT2D eigenvalue weighted by Gasteiger charge is -2.35. The van der Waals surface area contributed by atoms with Crippen molar-refractivity contribution in [2.75, 3.05) is 45.2 Å². The number of methoxy groups -OCH3 is 1. The van der Waals surface area contributed by atoms with Crippen molar-refractivity contribution in [3.63, 3.8) is 0 Å². The van der Waals surface area contributed by atoms with E-state index in [9.17, 15) is 14.3 Å². The summed E-state index contributed by atoms with van der Waals surface area (Å²) < 4.78 is 21.7. The van der Waals surface area contributed by atoms with E-state index in [1.165, 1.54) is 31.0 Å². The number of anilines is 1. The lowest BCUT2D eigenvalue weighted by atomic mass is 10.0. The number of rotatable bonds is 5. The van der Waals surface area contributed by atoms with Gasteiger partial charge in [0.15, 0.2) is 5.75 Å². The van der Waals surface area contributed by atoms with Gasteiger partial charge < -0.3 is 24.2 Å². The van der Waals surface area contributed by atoms with Crippen LogP contribution < -0.4 is 4.90 Å². The molecular weight excluding hydrogens is 521 g/mol. The van der Waals surface area contributed by atoms with E-state index in [0.29, 0.717) is 15.7 Å². The molecule has 34 heavy (non-hydrogen) atoms. The van der Waals surface area contributed by atoms with Crippen LogP contribution in [0.2, 0.25) is 0 Å². The minimum Gasteiger partial charge on any atom is -0.505 e. The lowest BCUT2D eigenvalue weighted by molar-refractivity contribution is 0.0598. The number of ether oxygens (including phenoxy) is 1. The molecule has 1 aliphatic carbocycles. The SMILES string of the molecule is COC(=O)c1c(Sc2ccc(F)cc2)n(C2CC2)c2c(C)c(Br)c(O)c(N3CCN(C)CC3)c12. The summed E-state index contributed by atoms with van der Waals surface area (Å²) in [5.41, 5.74) is 2.94. The van der Waals surface area contributed by atoms with Crippen molar-refractivity contribution in [2.24, 2.45) is 0 Å². The highest BCUT2D eigenvalue weighted by atomic mass is 79.9. The molecule has 2 aliphatic rings. The van der Waals surface area contributed by atoms with Crippen LogP contribution >= 0.6 is 27.7 Å². The zero-order chi connectivity index (χ0) is 24.1. The van der Waals surface area contributed by atoms with Crippen molar-refractivity contribution in [1.29, 1.82) is 0 Å². The first-order chi connectivity index (χ1) is 16.3. The fourth-order valence-electron chi connectivity index (χ4n) is 4.70. The molecule has 1 aliphatic heterocycles. The second kappa shape index (κ2) is 9.09. The summed E-state index contributed by atoms with van der Waals surface area (Å²) in [6.07, 6.45) is 2.03. The van der Waals surface area contributed by atoms with E-state index in [1.54, 1.807) is 12.1 Å². The standard InChI is InChI=1S/C25H27BrFN3O3S/c1-14-20(26)23(31)22(29-12-10-28(2)11-13-29)18-19(25(32)33-3)24(30(21(14)18)16-6-7-16)34-17-8-4-15(27)5-9-17/h4-5,8-9,16,31H,6-7,10-13H2,1-3H3. The number of hydrogen-bond donors (Lipinski definition) is 1. The summed E-state index contributed by atoms with van der Waals surface area (Å²) in [6.45, 7) is 5.17. The molecule has 2 heterocycles. The number of hydrogen-bond acceptors (Lipinski definition) is 6. The van der Waals surface area contributed by atoms with Crippen LogP contribution in [0.25, 0.3) is 10.9 Å². The molecule has 0 unspecified atom stereocenters. The van der Waals surface area contributed by atoms with Crippen molar-refractivity contribution >= 4 is 50.3 Å². The number of aryl methyl sites for hydroxylation is 1. The molecule has 1 saturated heterocycles. The number of likely N-dealkylation sites (N-methyl/N-ethyl adjacent to an activating group) is 1. The lowest BCUT2D eigenvalue weighted by Crippen LogP contribution is -2.44. The average molecular weight is 548 g/mol. The summed E-state index contributed by atoms with van der Waals surface area (Å²) in [5.74, 6) is -0.598. The number of piperazine rings is 1. The molecule has 2 fully saturated rings. The molecule has 1 aromatic heterocycles. The third-order valence-corrected chi connectivity index (χ3v) is 8.74. The molecule has 2 aromatic carbocycles. The number of phenols is 1. The fraction of sp³-hybridized carbons (Fsp3) is 0.400. The zero-order valence-corrected chi connectivity index (χ0v) is 21.8. The van der Waals surface area contributed by atoms with E-state index < -0.39 is 5.97 Å². The van der Waals surface area contributed by atoms with Crippen molar-refractivity contribution in [3.05, 3.63) is 45.7 Å². The number of fused-ring (bicyclic) bond motifs is 1. The predicted molar refractivity (Wildman–Crippen MR) is 136 cm³/mol. The Bertz CT molecular complexity index is 1270. The van der Waals surface area contributed by atoms with Crippen LogP contribution in [0.3, 0.4) is 0 Å². The van der Waals surface area contributed by atoms with E-state index >= 15 is 0 Å². The molecule has 1 saturated carbocycles. The van der Waals surface area contributed by atoms with Crippen molar-refractivity contribution in [2.45, 2.75) is 35.7 Å². The summed E-state index contributed by atoms with van der Waals surface area (Å²) in [6, 6.07) is 6.55. The molecule has 0 amide bonds. The Morgan fingerprint density at radius 3 is 2.41 bits per heavy atom. The fourth-order valence-corrected chi connectivity index (χ4v) is 6.19. The van der Waals surface area contributed by atoms with Crippen LogP contribution in [0.5, 0.6) is 5.75 Å². The van der Waals surface area contributed by atoms with Crippen LogP contribution in [0.15, 0.2) is 38.7 Å². The van der Waals surface area contributed by atoms with Gasteiger partial charge in [-0.2, -0.15) is 0 Å². The Morgan fingerprint density at radius 1 is 1.18 bits per heavy atom. The van der Waals surface area contributed by atoms with Gasteiger partial charge in [0.1, 0.15) is 11.4 Å². The van der Waals surface area contributed by atoms with Crippen molar-refractivity contribution < 1.29 is 19.0 Å². The summed E-state index contributed by atoms with van der Waals surface area (Å²) in [4.78, 5) is 18.6. The minimum absolute atomic E-state index is 0.144. The van der Waals surface area contributed by atoms with Gasteiger partial charge in [0.05, 0.1) is 27.8 Å². The molecule has 5 rings (SSSR count). The summed E-state index contributed by atoms with van der Waals surface area (Å²) >= 11 is 5.07. The average Bonchev–Trinajstić information content (AvgIpc) is 3.62. The molecule has 6 nitrogen and oxygen atoms in total. The number of esters is 1. The highest BCUT2D eigenvalue weighted by Crippen LogP contribution is 2.53. The van der Waals surface area contributed by atoms with Gasteiger partial charge in [0.25, 0.3) is 0 Å². The van der Waals surface area contributed by atoms with E-state index in [1.807, 2.05) is 6.92 Å². The molecular formula is C25H27BrFN3O3S. The largest absolute Gasteiger partial charge is 0.505 e. The molecule has 0 bridgehead atoms. The molecule has 180 valence electrons. The quantitative estimate of drug-likeness (QED) is 0.420. The Labute approximate surface area is 210 Å². The highest BCUT2D eigenvalue weighted by molar-refractivity contribution is 9.10. The maximum absolute atomic E-state index is 13.6. The molecule has 0 spiro atoms. The molecule has 0 radical (unpaired) electrons. The maximum atomic E-state index is 13.6. The Hall–Kier alpha value is -2.23. The van der Waals surface area contributed by atoms with Crippen molar-refractivity contribution in [1.82, 2.24) is 9.47 Å². The molecule has 0 atom stereocenters. The number of carbonyl (C=O) groups excluding carboxylic acids is 1. The van der Waals surface area contributed by atoms with E-state index in [0.717, 1.165) is 65.4 Å². The van der Waals surface area contributed by atoms with Crippen LogP contribution in [0, 0.1) is 12.7 Å². The van der Waals surface area contributed by atoms with E-state index in [4.69, 9.17) is 4.74 Å². The number of phenolic OH excluding ortho intramolecular Hbond substituents is 1. The van der Waals surface area contributed by atoms with E-state index in [2.05, 4.69) is 37.3 Å². The van der Waals surface area contributed by atoms with Crippen LogP contribution in [-0.2, 0) is 4.74 Å². The first-order valence-electron chi connectivity index (χ1n) is 11.4. The first kappa shape index (κ1) is 23.5. The van der Waals surface area contributed by atoms with Crippen LogP contribution in [0.1, 0.15) is 34.8 Å². The maximum Gasteiger partial charge on any atom is 0.341 e. The highest BCUT2D eigenvalue weighted by Gasteiger charge is 2.37. The summed E-state index contributed by atoms with van der Waals surface area (Å²) in [5, 5.41) is 12.8. The van der Waals surface area contributed by atoms with Gasteiger partial charge in [-0.05, 0) is 72.6 Å². The number of aromatic hydroxyl groups is 1. The second-order valence-corrected chi connectivity index (χ2v) is 10.8. The normalized spacial score (nSPS) is 16.9. The van der Waals surface area contributed by atoms with Crippen LogP contribution in [-0.4, -0.2) is 60.9 Å². The third kappa shape index (κ3) is 3.97. The topological polar surface area (TPSA) is 57.9 Å². The zero-order valence-electron chi connectivity index (χ0n) is 19.4. The van der Waals surface area contributed by atoms with Gasteiger partial charge in [-0.1, -0.05) is 11.8 Å². The Morgan fingerprint density at radius 2 is 1.82 bits per heavy atom. The number of carbonyl (C=O) groups is 1. The first-order valence-corrected chi connectivity index (χ1v) is 13.0. The van der Waals surface area contributed by atoms with Gasteiger partial charge in [-0.25, -0.2) is 9.18 Å². The van der Waals surface area contributed by atoms with Gasteiger partial charge in [-0.3, -0.25) is 0 Å². The van der Waals surface area contributed by atoms with E-state index in [-0.39, 0.29) is 17.6 Å². The third-order valence-electron chi connectivity index (χ3n) is 6.66. The smallest absolute Gasteiger partial charge is 0.341 e. The monoisotopic (exact) mass is 547 g/mol. The number of nitrogens with zero attached hydrogens (tertiary/aromatic N) is 3. The number of halogens is 2. The summed E-state index contributed by atoms with van der Waals surface area (Å²) in [7, 11) is 3.47. The van der Waals surface area contributed by atoms with Crippen molar-refractivity contribution in [3.8, 4) is 5.75 Å². The van der Waals surface area contributed by atoms with Crippen LogP contribution in [0.4, 0.5) is 10.1 Å². The predicted octanol–water partition coefficient (Wildman–Crippen LogP) is 5.58. The molecule has 9 heteroatoms. The van der Waals surface area contributed by atoms with Gasteiger partial charge in [-0.15, -0.1) is 0 Å². The number of aromatic nitrogens is 1. The Kier molecular flexibility index (Phi) is 6.29. The minimum atomic E-state index is -0.439. The van der Waals surface area contributed by atoms with Gasteiger partial charge in [0.2, 0.25) is 0 Å². The van der Waals surface area contributed by atoms with Gasteiger partial charge in [0, 0.05) is 42.5 Å². The van der Waals surface area contributed by atoms with Gasteiger partial charge >= 0.3 is 5.97 Å².